The zero-order valence-electron chi connectivity index (χ0n) is 13.0. The van der Waals surface area contributed by atoms with Gasteiger partial charge < -0.3 is 10.1 Å². The number of carbonyl (C=O) groups excluding carboxylic acids is 1. The van der Waals surface area contributed by atoms with Gasteiger partial charge in [0, 0.05) is 10.9 Å². The van der Waals surface area contributed by atoms with Crippen molar-refractivity contribution in [1.82, 2.24) is 4.98 Å². The Morgan fingerprint density at radius 1 is 1.21 bits per heavy atom. The second-order valence-corrected chi connectivity index (χ2v) is 6.15. The summed E-state index contributed by atoms with van der Waals surface area (Å²) in [6.07, 6.45) is 0. The monoisotopic (exact) mass is 342 g/mol. The molecule has 0 bridgehead atoms. The van der Waals surface area contributed by atoms with E-state index in [-0.39, 0.29) is 18.3 Å². The highest BCUT2D eigenvalue weighted by molar-refractivity contribution is 7.09. The zero-order valence-corrected chi connectivity index (χ0v) is 13.8. The number of ether oxygens (including phenoxy) is 1. The first kappa shape index (κ1) is 16.1. The van der Waals surface area contributed by atoms with Crippen LogP contribution in [0.4, 0.5) is 10.1 Å². The molecule has 0 spiro atoms. The number of anilines is 1. The fourth-order valence-electron chi connectivity index (χ4n) is 2.17. The second kappa shape index (κ2) is 7.23. The van der Waals surface area contributed by atoms with Gasteiger partial charge in [-0.3, -0.25) is 4.79 Å². The van der Waals surface area contributed by atoms with Gasteiger partial charge in [0.15, 0.2) is 6.61 Å². The van der Waals surface area contributed by atoms with E-state index in [1.165, 1.54) is 24.3 Å². The molecule has 0 radical (unpaired) electrons. The van der Waals surface area contributed by atoms with Gasteiger partial charge in [-0.15, -0.1) is 11.3 Å². The third kappa shape index (κ3) is 3.97. The number of carbonyl (C=O) groups is 1. The summed E-state index contributed by atoms with van der Waals surface area (Å²) in [7, 11) is 0. The molecular weight excluding hydrogens is 327 g/mol. The van der Waals surface area contributed by atoms with Crippen LogP contribution < -0.4 is 10.1 Å². The molecule has 0 unspecified atom stereocenters. The van der Waals surface area contributed by atoms with Crippen molar-refractivity contribution in [3.63, 3.8) is 0 Å². The smallest absolute Gasteiger partial charge is 0.262 e. The van der Waals surface area contributed by atoms with Gasteiger partial charge in [-0.2, -0.15) is 0 Å². The van der Waals surface area contributed by atoms with Crippen LogP contribution in [0.3, 0.4) is 0 Å². The van der Waals surface area contributed by atoms with E-state index in [0.29, 0.717) is 11.4 Å². The van der Waals surface area contributed by atoms with E-state index >= 15 is 0 Å². The molecule has 1 amide bonds. The topological polar surface area (TPSA) is 51.2 Å². The highest BCUT2D eigenvalue weighted by Gasteiger charge is 2.11. The number of aromatic nitrogens is 1. The molecule has 0 atom stereocenters. The fourth-order valence-corrected chi connectivity index (χ4v) is 2.78. The Bertz CT molecular complexity index is 846. The van der Waals surface area contributed by atoms with Crippen LogP contribution in [0.1, 0.15) is 5.01 Å². The molecule has 0 aliphatic carbocycles. The van der Waals surface area contributed by atoms with Crippen molar-refractivity contribution in [1.29, 1.82) is 0 Å². The lowest BCUT2D eigenvalue weighted by Gasteiger charge is -2.10. The van der Waals surface area contributed by atoms with E-state index in [0.717, 1.165) is 16.3 Å². The van der Waals surface area contributed by atoms with Gasteiger partial charge in [0.2, 0.25) is 0 Å². The van der Waals surface area contributed by atoms with E-state index in [1.807, 2.05) is 36.6 Å². The summed E-state index contributed by atoms with van der Waals surface area (Å²) in [6.45, 7) is 1.78. The van der Waals surface area contributed by atoms with Gasteiger partial charge in [-0.1, -0.05) is 18.2 Å². The van der Waals surface area contributed by atoms with Crippen molar-refractivity contribution in [3.8, 4) is 17.0 Å². The predicted octanol–water partition coefficient (Wildman–Crippen LogP) is 4.28. The van der Waals surface area contributed by atoms with Gasteiger partial charge in [0.05, 0.1) is 16.4 Å². The highest BCUT2D eigenvalue weighted by atomic mass is 32.1. The van der Waals surface area contributed by atoms with E-state index in [1.54, 1.807) is 11.3 Å². The van der Waals surface area contributed by atoms with Crippen molar-refractivity contribution in [2.45, 2.75) is 6.92 Å². The molecule has 4 nitrogen and oxygen atoms in total. The Kier molecular flexibility index (Phi) is 4.86. The second-order valence-electron chi connectivity index (χ2n) is 5.09. The summed E-state index contributed by atoms with van der Waals surface area (Å²) in [5.74, 6) is -0.201. The van der Waals surface area contributed by atoms with Crippen molar-refractivity contribution >= 4 is 22.9 Å². The maximum Gasteiger partial charge on any atom is 0.262 e. The number of nitrogens with one attached hydrogen (secondary N) is 1. The molecule has 3 rings (SSSR count). The fraction of sp³-hybridized carbons (Fsp3) is 0.111. The molecule has 1 N–H and O–H groups in total. The SMILES string of the molecule is Cc1nc(-c2ccccc2NC(=O)COc2ccc(F)cc2)cs1. The molecule has 3 aromatic rings. The summed E-state index contributed by atoms with van der Waals surface area (Å²) in [5, 5.41) is 5.74. The third-order valence-electron chi connectivity index (χ3n) is 3.28. The Morgan fingerprint density at radius 2 is 1.96 bits per heavy atom. The number of thiazole rings is 1. The molecule has 1 heterocycles. The van der Waals surface area contributed by atoms with Crippen LogP contribution in [-0.4, -0.2) is 17.5 Å². The van der Waals surface area contributed by atoms with Gasteiger partial charge >= 0.3 is 0 Å². The Morgan fingerprint density at radius 3 is 2.67 bits per heavy atom. The molecule has 0 aliphatic heterocycles. The van der Waals surface area contributed by atoms with E-state index in [2.05, 4.69) is 10.3 Å². The van der Waals surface area contributed by atoms with Crippen molar-refractivity contribution < 1.29 is 13.9 Å². The predicted molar refractivity (Wildman–Crippen MR) is 92.8 cm³/mol. The molecule has 122 valence electrons. The van der Waals surface area contributed by atoms with E-state index < -0.39 is 0 Å². The number of rotatable bonds is 5. The number of para-hydroxylation sites is 1. The number of halogens is 1. The minimum absolute atomic E-state index is 0.157. The van der Waals surface area contributed by atoms with Crippen LogP contribution in [-0.2, 0) is 4.79 Å². The van der Waals surface area contributed by atoms with Gasteiger partial charge in [0.25, 0.3) is 5.91 Å². The molecular formula is C18H15FN2O2S. The Balaban J connectivity index is 1.67. The molecule has 0 fully saturated rings. The van der Waals surface area contributed by atoms with E-state index in [4.69, 9.17) is 4.74 Å². The lowest BCUT2D eigenvalue weighted by atomic mass is 10.1. The zero-order chi connectivity index (χ0) is 16.9. The normalized spacial score (nSPS) is 10.4. The average Bonchev–Trinajstić information content (AvgIpc) is 3.01. The number of amides is 1. The van der Waals surface area contributed by atoms with Crippen LogP contribution in [0.15, 0.2) is 53.9 Å². The number of hydrogen-bond donors (Lipinski definition) is 1. The minimum Gasteiger partial charge on any atom is -0.484 e. The summed E-state index contributed by atoms with van der Waals surface area (Å²) in [5.41, 5.74) is 2.36. The summed E-state index contributed by atoms with van der Waals surface area (Å²) in [4.78, 5) is 16.6. The Labute approximate surface area is 142 Å². The van der Waals surface area contributed by atoms with Crippen LogP contribution in [0.2, 0.25) is 0 Å². The first-order valence-electron chi connectivity index (χ1n) is 7.31. The molecule has 0 saturated carbocycles. The largest absolute Gasteiger partial charge is 0.484 e. The summed E-state index contributed by atoms with van der Waals surface area (Å²) >= 11 is 1.56. The number of benzene rings is 2. The Hall–Kier alpha value is -2.73. The van der Waals surface area contributed by atoms with Crippen molar-refractivity contribution in [3.05, 3.63) is 64.7 Å². The molecule has 1 aromatic heterocycles. The van der Waals surface area contributed by atoms with E-state index in [9.17, 15) is 9.18 Å². The maximum atomic E-state index is 12.8. The molecule has 24 heavy (non-hydrogen) atoms. The van der Waals surface area contributed by atoms with Gasteiger partial charge in [0.1, 0.15) is 11.6 Å². The van der Waals surface area contributed by atoms with Crippen molar-refractivity contribution in [2.75, 3.05) is 11.9 Å². The standard InChI is InChI=1S/C18H15FN2O2S/c1-12-20-17(11-24-12)15-4-2-3-5-16(15)21-18(22)10-23-14-8-6-13(19)7-9-14/h2-9,11H,10H2,1H3,(H,21,22). The molecule has 6 heteroatoms. The van der Waals surface area contributed by atoms with Crippen LogP contribution in [0.5, 0.6) is 5.75 Å². The first-order valence-corrected chi connectivity index (χ1v) is 8.19. The van der Waals surface area contributed by atoms with Gasteiger partial charge in [-0.25, -0.2) is 9.37 Å². The quantitative estimate of drug-likeness (QED) is 0.753. The van der Waals surface area contributed by atoms with Crippen LogP contribution in [0, 0.1) is 12.7 Å². The number of nitrogens with zero attached hydrogens (tertiary/aromatic N) is 1. The summed E-state index contributed by atoms with van der Waals surface area (Å²) in [6, 6.07) is 13.0. The third-order valence-corrected chi connectivity index (χ3v) is 4.05. The first-order chi connectivity index (χ1) is 11.6. The van der Waals surface area contributed by atoms with Crippen molar-refractivity contribution in [2.24, 2.45) is 0 Å². The van der Waals surface area contributed by atoms with Crippen LogP contribution in [0.25, 0.3) is 11.3 Å². The molecule has 0 saturated heterocycles. The average molecular weight is 342 g/mol. The highest BCUT2D eigenvalue weighted by Crippen LogP contribution is 2.28. The lowest BCUT2D eigenvalue weighted by molar-refractivity contribution is -0.118. The molecule has 0 aliphatic rings. The van der Waals surface area contributed by atoms with Crippen LogP contribution >= 0.6 is 11.3 Å². The maximum absolute atomic E-state index is 12.8. The number of aryl methyl sites for hydroxylation is 1. The van der Waals surface area contributed by atoms with Gasteiger partial charge in [-0.05, 0) is 37.3 Å². The number of hydrogen-bond acceptors (Lipinski definition) is 4. The summed E-state index contributed by atoms with van der Waals surface area (Å²) < 4.78 is 18.2. The minimum atomic E-state index is -0.348. The lowest BCUT2D eigenvalue weighted by Crippen LogP contribution is -2.20. The molecule has 2 aromatic carbocycles.